The van der Waals surface area contributed by atoms with Gasteiger partial charge in [0.25, 0.3) is 0 Å². The van der Waals surface area contributed by atoms with Crippen LogP contribution in [0, 0.1) is 0 Å². The first kappa shape index (κ1) is 13.6. The Bertz CT molecular complexity index is 597. The van der Waals surface area contributed by atoms with E-state index < -0.39 is 0 Å². The smallest absolute Gasteiger partial charge is 0.187 e. The van der Waals surface area contributed by atoms with Gasteiger partial charge in [-0.1, -0.05) is 61.0 Å². The number of ketones is 1. The highest BCUT2D eigenvalue weighted by atomic mass is 35.5. The van der Waals surface area contributed by atoms with Crippen molar-refractivity contribution in [1.29, 1.82) is 0 Å². The molecule has 96 valence electrons. The fraction of sp³-hybridized carbons (Fsp3) is 0.118. The van der Waals surface area contributed by atoms with Gasteiger partial charge in [-0.2, -0.15) is 0 Å². The first-order chi connectivity index (χ1) is 9.20. The van der Waals surface area contributed by atoms with Gasteiger partial charge in [0.05, 0.1) is 5.02 Å². The molecule has 0 fully saturated rings. The summed E-state index contributed by atoms with van der Waals surface area (Å²) in [4.78, 5) is 12.0. The SMILES string of the molecule is CCc1ccc(/C=C/C(=O)c2ccccc2Cl)cc1. The second-order valence-corrected chi connectivity index (χ2v) is 4.68. The summed E-state index contributed by atoms with van der Waals surface area (Å²) in [5.74, 6) is -0.0785. The molecule has 0 aliphatic carbocycles. The Morgan fingerprint density at radius 1 is 1.11 bits per heavy atom. The minimum atomic E-state index is -0.0785. The van der Waals surface area contributed by atoms with Crippen molar-refractivity contribution in [3.05, 3.63) is 76.3 Å². The third-order valence-electron chi connectivity index (χ3n) is 2.95. The van der Waals surface area contributed by atoms with E-state index in [1.807, 2.05) is 30.3 Å². The molecule has 2 heteroatoms. The maximum absolute atomic E-state index is 12.0. The lowest BCUT2D eigenvalue weighted by atomic mass is 10.1. The van der Waals surface area contributed by atoms with Crippen LogP contribution in [0.25, 0.3) is 6.08 Å². The predicted molar refractivity (Wildman–Crippen MR) is 80.6 cm³/mol. The van der Waals surface area contributed by atoms with Gasteiger partial charge in [-0.15, -0.1) is 0 Å². The van der Waals surface area contributed by atoms with Crippen molar-refractivity contribution in [2.45, 2.75) is 13.3 Å². The Morgan fingerprint density at radius 3 is 2.42 bits per heavy atom. The van der Waals surface area contributed by atoms with Gasteiger partial charge in [0.1, 0.15) is 0 Å². The Balaban J connectivity index is 2.14. The van der Waals surface area contributed by atoms with Gasteiger partial charge < -0.3 is 0 Å². The Kier molecular flexibility index (Phi) is 4.53. The number of carbonyl (C=O) groups excluding carboxylic acids is 1. The molecule has 2 rings (SSSR count). The number of benzene rings is 2. The van der Waals surface area contributed by atoms with Crippen molar-refractivity contribution in [1.82, 2.24) is 0 Å². The summed E-state index contributed by atoms with van der Waals surface area (Å²) in [6.45, 7) is 2.12. The van der Waals surface area contributed by atoms with Crippen LogP contribution >= 0.6 is 11.6 Å². The topological polar surface area (TPSA) is 17.1 Å². The van der Waals surface area contributed by atoms with E-state index >= 15 is 0 Å². The standard InChI is InChI=1S/C17H15ClO/c1-2-13-7-9-14(10-8-13)11-12-17(19)15-5-3-4-6-16(15)18/h3-12H,2H2,1H3/b12-11+. The number of rotatable bonds is 4. The van der Waals surface area contributed by atoms with Crippen LogP contribution in [0.5, 0.6) is 0 Å². The monoisotopic (exact) mass is 270 g/mol. The predicted octanol–water partition coefficient (Wildman–Crippen LogP) is 4.80. The van der Waals surface area contributed by atoms with Gasteiger partial charge in [-0.05, 0) is 35.8 Å². The lowest BCUT2D eigenvalue weighted by molar-refractivity contribution is 0.104. The van der Waals surface area contributed by atoms with E-state index in [1.165, 1.54) is 5.56 Å². The third kappa shape index (κ3) is 3.55. The number of carbonyl (C=O) groups is 1. The first-order valence-electron chi connectivity index (χ1n) is 6.26. The molecule has 0 spiro atoms. The largest absolute Gasteiger partial charge is 0.289 e. The van der Waals surface area contributed by atoms with Gasteiger partial charge >= 0.3 is 0 Å². The number of halogens is 1. The second-order valence-electron chi connectivity index (χ2n) is 4.27. The molecule has 19 heavy (non-hydrogen) atoms. The van der Waals surface area contributed by atoms with Crippen molar-refractivity contribution in [3.63, 3.8) is 0 Å². The van der Waals surface area contributed by atoms with Crippen LogP contribution in [0.2, 0.25) is 5.02 Å². The molecule has 0 aliphatic rings. The molecule has 0 saturated heterocycles. The molecule has 0 amide bonds. The summed E-state index contributed by atoms with van der Waals surface area (Å²) in [5, 5.41) is 0.485. The quantitative estimate of drug-likeness (QED) is 0.576. The zero-order valence-corrected chi connectivity index (χ0v) is 11.5. The van der Waals surface area contributed by atoms with Crippen LogP contribution in [0.1, 0.15) is 28.4 Å². The van der Waals surface area contributed by atoms with Gasteiger partial charge in [0, 0.05) is 5.56 Å². The van der Waals surface area contributed by atoms with Crippen molar-refractivity contribution in [2.24, 2.45) is 0 Å². The zero-order valence-electron chi connectivity index (χ0n) is 10.8. The van der Waals surface area contributed by atoms with E-state index in [4.69, 9.17) is 11.6 Å². The number of hydrogen-bond donors (Lipinski definition) is 0. The van der Waals surface area contributed by atoms with E-state index in [0.717, 1.165) is 12.0 Å². The van der Waals surface area contributed by atoms with Crippen molar-refractivity contribution >= 4 is 23.5 Å². The van der Waals surface area contributed by atoms with E-state index in [1.54, 1.807) is 18.2 Å². The Hall–Kier alpha value is -1.86. The summed E-state index contributed by atoms with van der Waals surface area (Å²) in [5.41, 5.74) is 2.83. The lowest BCUT2D eigenvalue weighted by Crippen LogP contribution is -1.94. The zero-order chi connectivity index (χ0) is 13.7. The summed E-state index contributed by atoms with van der Waals surface area (Å²) in [6.07, 6.45) is 4.38. The highest BCUT2D eigenvalue weighted by Crippen LogP contribution is 2.16. The van der Waals surface area contributed by atoms with E-state index in [-0.39, 0.29) is 5.78 Å². The molecular weight excluding hydrogens is 256 g/mol. The van der Waals surface area contributed by atoms with Crippen LogP contribution in [-0.2, 0) is 6.42 Å². The molecule has 0 aromatic heterocycles. The highest BCUT2D eigenvalue weighted by Gasteiger charge is 2.05. The van der Waals surface area contributed by atoms with E-state index in [0.29, 0.717) is 10.6 Å². The second kappa shape index (κ2) is 6.35. The van der Waals surface area contributed by atoms with E-state index in [9.17, 15) is 4.79 Å². The summed E-state index contributed by atoms with van der Waals surface area (Å²) < 4.78 is 0. The third-order valence-corrected chi connectivity index (χ3v) is 3.28. The molecule has 0 saturated carbocycles. The van der Waals surface area contributed by atoms with Gasteiger partial charge in [0.15, 0.2) is 5.78 Å². The number of hydrogen-bond acceptors (Lipinski definition) is 1. The summed E-state index contributed by atoms with van der Waals surface area (Å²) >= 11 is 5.99. The van der Waals surface area contributed by atoms with Crippen LogP contribution in [0.4, 0.5) is 0 Å². The highest BCUT2D eigenvalue weighted by molar-refractivity contribution is 6.34. The molecule has 1 nitrogen and oxygen atoms in total. The molecule has 0 unspecified atom stereocenters. The molecule has 0 heterocycles. The van der Waals surface area contributed by atoms with Crippen LogP contribution in [0.3, 0.4) is 0 Å². The molecule has 0 aliphatic heterocycles. The molecule has 0 radical (unpaired) electrons. The molecule has 0 bridgehead atoms. The molecule has 2 aromatic rings. The van der Waals surface area contributed by atoms with Gasteiger partial charge in [-0.3, -0.25) is 4.79 Å². The van der Waals surface area contributed by atoms with Gasteiger partial charge in [-0.25, -0.2) is 0 Å². The summed E-state index contributed by atoms with van der Waals surface area (Å²) in [6, 6.07) is 15.2. The van der Waals surface area contributed by atoms with E-state index in [2.05, 4.69) is 19.1 Å². The summed E-state index contributed by atoms with van der Waals surface area (Å²) in [7, 11) is 0. The van der Waals surface area contributed by atoms with Crippen molar-refractivity contribution < 1.29 is 4.79 Å². The average Bonchev–Trinajstić information content (AvgIpc) is 2.46. The maximum Gasteiger partial charge on any atom is 0.187 e. The molecule has 2 aromatic carbocycles. The fourth-order valence-corrected chi connectivity index (χ4v) is 2.02. The number of allylic oxidation sites excluding steroid dienone is 1. The lowest BCUT2D eigenvalue weighted by Gasteiger charge is -1.99. The van der Waals surface area contributed by atoms with Crippen LogP contribution in [-0.4, -0.2) is 5.78 Å². The minimum absolute atomic E-state index is 0.0785. The number of aryl methyl sites for hydroxylation is 1. The van der Waals surface area contributed by atoms with Crippen LogP contribution in [0.15, 0.2) is 54.6 Å². The van der Waals surface area contributed by atoms with Crippen LogP contribution < -0.4 is 0 Å². The Labute approximate surface area is 118 Å². The average molecular weight is 271 g/mol. The van der Waals surface area contributed by atoms with Crippen molar-refractivity contribution in [3.8, 4) is 0 Å². The normalized spacial score (nSPS) is 10.8. The first-order valence-corrected chi connectivity index (χ1v) is 6.64. The minimum Gasteiger partial charge on any atom is -0.289 e. The molecular formula is C17H15ClO. The Morgan fingerprint density at radius 2 is 1.79 bits per heavy atom. The fourth-order valence-electron chi connectivity index (χ4n) is 1.79. The molecule has 0 atom stereocenters. The molecule has 0 N–H and O–H groups in total. The van der Waals surface area contributed by atoms with Gasteiger partial charge in [0.2, 0.25) is 0 Å². The van der Waals surface area contributed by atoms with Crippen molar-refractivity contribution in [2.75, 3.05) is 0 Å². The maximum atomic E-state index is 12.0.